The number of nitrogen functional groups attached to an aromatic ring is 1. The number of hydrogen-bond donors (Lipinski definition) is 2. The highest BCUT2D eigenvalue weighted by molar-refractivity contribution is 6.05. The molecule has 1 aromatic heterocycles. The summed E-state index contributed by atoms with van der Waals surface area (Å²) in [6, 6.07) is 6.64. The van der Waals surface area contributed by atoms with Crippen molar-refractivity contribution < 1.29 is 14.3 Å². The molecule has 0 fully saturated rings. The quantitative estimate of drug-likeness (QED) is 0.799. The number of amides is 1. The van der Waals surface area contributed by atoms with E-state index in [4.69, 9.17) is 15.2 Å². The van der Waals surface area contributed by atoms with Crippen LogP contribution in [0.3, 0.4) is 0 Å². The molecule has 1 aliphatic rings. The van der Waals surface area contributed by atoms with E-state index in [1.807, 2.05) is 0 Å². The van der Waals surface area contributed by atoms with E-state index in [1.165, 1.54) is 6.20 Å². The molecule has 0 atom stereocenters. The van der Waals surface area contributed by atoms with Gasteiger partial charge in [-0.05, 0) is 12.1 Å². The van der Waals surface area contributed by atoms with Gasteiger partial charge < -0.3 is 20.5 Å². The van der Waals surface area contributed by atoms with Gasteiger partial charge in [0, 0.05) is 24.5 Å². The lowest BCUT2D eigenvalue weighted by molar-refractivity contribution is 0.102. The van der Waals surface area contributed by atoms with Crippen molar-refractivity contribution in [2.45, 2.75) is 0 Å². The summed E-state index contributed by atoms with van der Waals surface area (Å²) in [5.74, 6) is 0.867. The molecule has 96 valence electrons. The zero-order valence-corrected chi connectivity index (χ0v) is 9.92. The fourth-order valence-electron chi connectivity index (χ4n) is 1.76. The van der Waals surface area contributed by atoms with Crippen molar-refractivity contribution in [2.24, 2.45) is 0 Å². The fourth-order valence-corrected chi connectivity index (χ4v) is 1.76. The Labute approximate surface area is 109 Å². The normalized spacial score (nSPS) is 12.2. The number of hydrogen-bond acceptors (Lipinski definition) is 5. The van der Waals surface area contributed by atoms with Crippen molar-refractivity contribution in [3.8, 4) is 11.5 Å². The van der Waals surface area contributed by atoms with Crippen LogP contribution >= 0.6 is 0 Å². The molecule has 1 amide bonds. The van der Waals surface area contributed by atoms with Crippen molar-refractivity contribution in [3.63, 3.8) is 0 Å². The second-order valence-corrected chi connectivity index (χ2v) is 3.99. The Balaban J connectivity index is 1.86. The summed E-state index contributed by atoms with van der Waals surface area (Å²) in [6.45, 7) is 0.161. The van der Waals surface area contributed by atoms with Gasteiger partial charge in [0.05, 0.1) is 16.9 Å². The summed E-state index contributed by atoms with van der Waals surface area (Å²) in [4.78, 5) is 15.9. The van der Waals surface area contributed by atoms with E-state index in [-0.39, 0.29) is 12.7 Å². The molecule has 1 aliphatic heterocycles. The number of aromatic nitrogens is 1. The molecular formula is C13H11N3O3. The molecule has 1 aromatic carbocycles. The molecule has 0 unspecified atom stereocenters. The summed E-state index contributed by atoms with van der Waals surface area (Å²) in [5.41, 5.74) is 7.21. The van der Waals surface area contributed by atoms with Gasteiger partial charge in [0.1, 0.15) is 0 Å². The standard InChI is InChI=1S/C13H11N3O3/c14-9-4-11-12(19-7-18-11)5-10(9)16-13(17)8-2-1-3-15-6-8/h1-6H,7,14H2,(H,16,17). The van der Waals surface area contributed by atoms with Gasteiger partial charge in [0.15, 0.2) is 11.5 Å². The molecule has 0 bridgehead atoms. The highest BCUT2D eigenvalue weighted by Gasteiger charge is 2.17. The van der Waals surface area contributed by atoms with Gasteiger partial charge in [-0.2, -0.15) is 0 Å². The number of anilines is 2. The molecular weight excluding hydrogens is 246 g/mol. The molecule has 3 rings (SSSR count). The maximum Gasteiger partial charge on any atom is 0.257 e. The summed E-state index contributed by atoms with van der Waals surface area (Å²) in [7, 11) is 0. The predicted octanol–water partition coefficient (Wildman–Crippen LogP) is 1.64. The smallest absolute Gasteiger partial charge is 0.257 e. The average molecular weight is 257 g/mol. The Bertz CT molecular complexity index is 629. The Morgan fingerprint density at radius 1 is 1.32 bits per heavy atom. The first kappa shape index (κ1) is 11.3. The van der Waals surface area contributed by atoms with Crippen molar-refractivity contribution in [3.05, 3.63) is 42.2 Å². The summed E-state index contributed by atoms with van der Waals surface area (Å²) in [5, 5.41) is 2.72. The highest BCUT2D eigenvalue weighted by atomic mass is 16.7. The van der Waals surface area contributed by atoms with Crippen LogP contribution in [0.15, 0.2) is 36.7 Å². The maximum absolute atomic E-state index is 12.0. The van der Waals surface area contributed by atoms with E-state index in [2.05, 4.69) is 10.3 Å². The van der Waals surface area contributed by atoms with Crippen molar-refractivity contribution in [1.29, 1.82) is 0 Å². The molecule has 0 aliphatic carbocycles. The number of nitrogens with zero attached hydrogens (tertiary/aromatic N) is 1. The van der Waals surface area contributed by atoms with E-state index in [0.29, 0.717) is 28.4 Å². The molecule has 0 saturated carbocycles. The van der Waals surface area contributed by atoms with Crippen LogP contribution in [0.25, 0.3) is 0 Å². The van der Waals surface area contributed by atoms with Gasteiger partial charge in [0.2, 0.25) is 6.79 Å². The second kappa shape index (κ2) is 4.49. The first-order chi connectivity index (χ1) is 9.24. The molecule has 3 N–H and O–H groups in total. The lowest BCUT2D eigenvalue weighted by Crippen LogP contribution is -2.13. The van der Waals surface area contributed by atoms with Crippen molar-refractivity contribution in [1.82, 2.24) is 4.98 Å². The minimum atomic E-state index is -0.279. The van der Waals surface area contributed by atoms with Gasteiger partial charge in [-0.3, -0.25) is 9.78 Å². The number of rotatable bonds is 2. The Kier molecular flexibility index (Phi) is 2.68. The van der Waals surface area contributed by atoms with Gasteiger partial charge in [-0.25, -0.2) is 0 Å². The van der Waals surface area contributed by atoms with E-state index >= 15 is 0 Å². The zero-order chi connectivity index (χ0) is 13.2. The molecule has 2 heterocycles. The molecule has 6 heteroatoms. The number of nitrogens with two attached hydrogens (primary N) is 1. The maximum atomic E-state index is 12.0. The van der Waals surface area contributed by atoms with Crippen molar-refractivity contribution >= 4 is 17.3 Å². The monoisotopic (exact) mass is 257 g/mol. The number of fused-ring (bicyclic) bond motifs is 1. The number of carbonyl (C=O) groups is 1. The van der Waals surface area contributed by atoms with Crippen LogP contribution < -0.4 is 20.5 Å². The van der Waals surface area contributed by atoms with Crippen LogP contribution in [-0.4, -0.2) is 17.7 Å². The molecule has 0 saturated heterocycles. The summed E-state index contributed by atoms with van der Waals surface area (Å²) < 4.78 is 10.4. The lowest BCUT2D eigenvalue weighted by atomic mass is 10.2. The Morgan fingerprint density at radius 2 is 2.11 bits per heavy atom. The van der Waals surface area contributed by atoms with Crippen LogP contribution in [0.4, 0.5) is 11.4 Å². The summed E-state index contributed by atoms with van der Waals surface area (Å²) >= 11 is 0. The van der Waals surface area contributed by atoms with Crippen LogP contribution in [0.5, 0.6) is 11.5 Å². The SMILES string of the molecule is Nc1cc2c(cc1NC(=O)c1cccnc1)OCO2. The average Bonchev–Trinajstić information content (AvgIpc) is 2.87. The first-order valence-electron chi connectivity index (χ1n) is 5.64. The lowest BCUT2D eigenvalue weighted by Gasteiger charge is -2.09. The van der Waals surface area contributed by atoms with Crippen LogP contribution in [0.2, 0.25) is 0 Å². The minimum Gasteiger partial charge on any atom is -0.454 e. The van der Waals surface area contributed by atoms with E-state index < -0.39 is 0 Å². The number of carbonyl (C=O) groups excluding carboxylic acids is 1. The fraction of sp³-hybridized carbons (Fsp3) is 0.0769. The second-order valence-electron chi connectivity index (χ2n) is 3.99. The van der Waals surface area contributed by atoms with Gasteiger partial charge >= 0.3 is 0 Å². The molecule has 6 nitrogen and oxygen atoms in total. The van der Waals surface area contributed by atoms with Crippen LogP contribution in [-0.2, 0) is 0 Å². The molecule has 0 spiro atoms. The Hall–Kier alpha value is -2.76. The van der Waals surface area contributed by atoms with E-state index in [1.54, 1.807) is 30.5 Å². The first-order valence-corrected chi connectivity index (χ1v) is 5.64. The topological polar surface area (TPSA) is 86.5 Å². The third kappa shape index (κ3) is 2.15. The van der Waals surface area contributed by atoms with E-state index in [0.717, 1.165) is 0 Å². The van der Waals surface area contributed by atoms with E-state index in [9.17, 15) is 4.79 Å². The predicted molar refractivity (Wildman–Crippen MR) is 69.2 cm³/mol. The van der Waals surface area contributed by atoms with Gasteiger partial charge in [-0.1, -0.05) is 0 Å². The number of ether oxygens (including phenoxy) is 2. The Morgan fingerprint density at radius 3 is 2.84 bits per heavy atom. The molecule has 0 radical (unpaired) electrons. The van der Waals surface area contributed by atoms with Crippen molar-refractivity contribution in [2.75, 3.05) is 17.8 Å². The summed E-state index contributed by atoms with van der Waals surface area (Å²) in [6.07, 6.45) is 3.09. The van der Waals surface area contributed by atoms with Gasteiger partial charge in [0.25, 0.3) is 5.91 Å². The minimum absolute atomic E-state index is 0.161. The zero-order valence-electron chi connectivity index (χ0n) is 9.92. The molecule has 19 heavy (non-hydrogen) atoms. The van der Waals surface area contributed by atoms with Crippen LogP contribution in [0, 0.1) is 0 Å². The third-order valence-electron chi connectivity index (χ3n) is 2.72. The van der Waals surface area contributed by atoms with Crippen LogP contribution in [0.1, 0.15) is 10.4 Å². The largest absolute Gasteiger partial charge is 0.454 e. The third-order valence-corrected chi connectivity index (χ3v) is 2.72. The highest BCUT2D eigenvalue weighted by Crippen LogP contribution is 2.38. The number of benzene rings is 1. The number of nitrogens with one attached hydrogen (secondary N) is 1. The molecule has 2 aromatic rings. The number of pyridine rings is 1. The van der Waals surface area contributed by atoms with Gasteiger partial charge in [-0.15, -0.1) is 0 Å².